The minimum atomic E-state index is -0.467. The zero-order valence-corrected chi connectivity index (χ0v) is 13.1. The molecule has 3 rings (SSSR count). The summed E-state index contributed by atoms with van der Waals surface area (Å²) in [6.07, 6.45) is 0.0500. The van der Waals surface area contributed by atoms with Gasteiger partial charge in [-0.05, 0) is 18.2 Å². The number of hydrogen-bond donors (Lipinski definition) is 2. The second-order valence-electron chi connectivity index (χ2n) is 5.15. The molecule has 2 N–H and O–H groups in total. The Bertz CT molecular complexity index is 740. The lowest BCUT2D eigenvalue weighted by molar-refractivity contribution is 0.214. The first kappa shape index (κ1) is 15.1. The fraction of sp³-hybridized carbons (Fsp3) is 0.294. The number of rotatable bonds is 4. The molecule has 0 fully saturated rings. The van der Waals surface area contributed by atoms with Crippen LogP contribution in [0.25, 0.3) is 0 Å². The van der Waals surface area contributed by atoms with Crippen LogP contribution in [0.3, 0.4) is 0 Å². The average Bonchev–Trinajstić information content (AvgIpc) is 2.97. The summed E-state index contributed by atoms with van der Waals surface area (Å²) in [5.74, 6) is 1.76. The van der Waals surface area contributed by atoms with Crippen LogP contribution in [0.1, 0.15) is 17.2 Å². The summed E-state index contributed by atoms with van der Waals surface area (Å²) >= 11 is 0. The van der Waals surface area contributed by atoms with E-state index in [0.717, 1.165) is 5.56 Å². The van der Waals surface area contributed by atoms with E-state index in [1.807, 2.05) is 0 Å². The van der Waals surface area contributed by atoms with E-state index in [1.165, 1.54) is 27.4 Å². The monoisotopic (exact) mass is 318 g/mol. The van der Waals surface area contributed by atoms with Crippen molar-refractivity contribution in [1.82, 2.24) is 0 Å². The van der Waals surface area contributed by atoms with Gasteiger partial charge in [0.2, 0.25) is 5.75 Å². The van der Waals surface area contributed by atoms with E-state index < -0.39 is 6.10 Å². The maximum absolute atomic E-state index is 10.3. The first-order valence-electron chi connectivity index (χ1n) is 7.10. The molecule has 1 atom stereocenters. The Morgan fingerprint density at radius 2 is 1.61 bits per heavy atom. The number of hydrogen-bond acceptors (Lipinski definition) is 6. The number of aromatic hydroxyl groups is 2. The molecule has 0 radical (unpaired) electrons. The van der Waals surface area contributed by atoms with Crippen LogP contribution in [-0.4, -0.2) is 31.5 Å². The molecule has 2 aromatic carbocycles. The molecule has 0 saturated carbocycles. The molecular formula is C17H18O6. The molecule has 1 aliphatic heterocycles. The highest BCUT2D eigenvalue weighted by Crippen LogP contribution is 2.51. The Morgan fingerprint density at radius 1 is 0.913 bits per heavy atom. The van der Waals surface area contributed by atoms with Gasteiger partial charge in [-0.1, -0.05) is 6.07 Å². The zero-order valence-electron chi connectivity index (χ0n) is 13.1. The van der Waals surface area contributed by atoms with Gasteiger partial charge in [-0.15, -0.1) is 0 Å². The molecule has 0 spiro atoms. The molecule has 122 valence electrons. The van der Waals surface area contributed by atoms with Crippen LogP contribution in [0.15, 0.2) is 24.3 Å². The van der Waals surface area contributed by atoms with Gasteiger partial charge >= 0.3 is 0 Å². The van der Waals surface area contributed by atoms with Crippen molar-refractivity contribution in [3.05, 3.63) is 35.4 Å². The molecule has 6 heteroatoms. The molecule has 1 aliphatic rings. The maximum Gasteiger partial charge on any atom is 0.203 e. The predicted molar refractivity (Wildman–Crippen MR) is 82.9 cm³/mol. The molecule has 0 saturated heterocycles. The highest BCUT2D eigenvalue weighted by molar-refractivity contribution is 5.60. The smallest absolute Gasteiger partial charge is 0.203 e. The fourth-order valence-electron chi connectivity index (χ4n) is 2.88. The minimum absolute atomic E-state index is 0.00808. The molecule has 1 heterocycles. The Labute approximate surface area is 133 Å². The fourth-order valence-corrected chi connectivity index (χ4v) is 2.88. The van der Waals surface area contributed by atoms with Crippen LogP contribution in [0.4, 0.5) is 0 Å². The third-order valence-corrected chi connectivity index (χ3v) is 3.93. The summed E-state index contributed by atoms with van der Waals surface area (Å²) in [6, 6.07) is 6.51. The van der Waals surface area contributed by atoms with Crippen molar-refractivity contribution in [3.63, 3.8) is 0 Å². The standard InChI is InChI=1S/C17H18O6/c1-20-12-7-6-10(18)14(17(12)22-3)13-8-9-4-5-11(19)16(21-2)15(9)23-13/h4-7,13,18-19H,8H2,1-3H3. The van der Waals surface area contributed by atoms with E-state index in [0.29, 0.717) is 29.2 Å². The van der Waals surface area contributed by atoms with Gasteiger partial charge in [0, 0.05) is 12.0 Å². The van der Waals surface area contributed by atoms with Crippen LogP contribution < -0.4 is 18.9 Å². The van der Waals surface area contributed by atoms with Gasteiger partial charge in [-0.25, -0.2) is 0 Å². The third kappa shape index (κ3) is 2.36. The van der Waals surface area contributed by atoms with Crippen molar-refractivity contribution in [2.75, 3.05) is 21.3 Å². The number of benzene rings is 2. The van der Waals surface area contributed by atoms with Crippen molar-refractivity contribution in [3.8, 4) is 34.5 Å². The van der Waals surface area contributed by atoms with Gasteiger partial charge in [-0.3, -0.25) is 0 Å². The SMILES string of the molecule is COc1ccc(O)c(C2Cc3ccc(O)c(OC)c3O2)c1OC. The molecule has 23 heavy (non-hydrogen) atoms. The molecule has 0 bridgehead atoms. The maximum atomic E-state index is 10.3. The van der Waals surface area contributed by atoms with Crippen LogP contribution in [0.5, 0.6) is 34.5 Å². The highest BCUT2D eigenvalue weighted by atomic mass is 16.5. The topological polar surface area (TPSA) is 77.4 Å². The summed E-state index contributed by atoms with van der Waals surface area (Å²) in [5, 5.41) is 20.1. The van der Waals surface area contributed by atoms with E-state index in [1.54, 1.807) is 18.2 Å². The van der Waals surface area contributed by atoms with Crippen molar-refractivity contribution >= 4 is 0 Å². The van der Waals surface area contributed by atoms with E-state index in [-0.39, 0.29) is 17.2 Å². The number of phenols is 2. The Morgan fingerprint density at radius 3 is 2.26 bits per heavy atom. The number of methoxy groups -OCH3 is 3. The van der Waals surface area contributed by atoms with Gasteiger partial charge < -0.3 is 29.2 Å². The highest BCUT2D eigenvalue weighted by Gasteiger charge is 2.33. The quantitative estimate of drug-likeness (QED) is 0.902. The number of ether oxygens (including phenoxy) is 4. The Kier molecular flexibility index (Phi) is 3.82. The van der Waals surface area contributed by atoms with E-state index >= 15 is 0 Å². The van der Waals surface area contributed by atoms with Gasteiger partial charge in [0.05, 0.1) is 26.9 Å². The number of phenolic OH excluding ortho intramolecular Hbond substituents is 2. The lowest BCUT2D eigenvalue weighted by Crippen LogP contribution is -2.07. The normalized spacial score (nSPS) is 15.7. The lowest BCUT2D eigenvalue weighted by Gasteiger charge is -2.19. The van der Waals surface area contributed by atoms with Gasteiger partial charge in [0.1, 0.15) is 11.9 Å². The third-order valence-electron chi connectivity index (χ3n) is 3.93. The molecule has 0 aromatic heterocycles. The predicted octanol–water partition coefficient (Wildman–Crippen LogP) is 2.80. The summed E-state index contributed by atoms with van der Waals surface area (Å²) in [5.41, 5.74) is 1.39. The second-order valence-corrected chi connectivity index (χ2v) is 5.15. The van der Waals surface area contributed by atoms with E-state index in [9.17, 15) is 10.2 Å². The van der Waals surface area contributed by atoms with Crippen LogP contribution in [0.2, 0.25) is 0 Å². The first-order chi connectivity index (χ1) is 11.1. The Balaban J connectivity index is 2.06. The van der Waals surface area contributed by atoms with Crippen LogP contribution in [-0.2, 0) is 6.42 Å². The van der Waals surface area contributed by atoms with Crippen molar-refractivity contribution < 1.29 is 29.2 Å². The molecule has 6 nitrogen and oxygen atoms in total. The average molecular weight is 318 g/mol. The molecule has 0 aliphatic carbocycles. The van der Waals surface area contributed by atoms with Crippen LogP contribution in [0, 0.1) is 0 Å². The lowest BCUT2D eigenvalue weighted by atomic mass is 10.0. The van der Waals surface area contributed by atoms with E-state index in [4.69, 9.17) is 18.9 Å². The molecular weight excluding hydrogens is 300 g/mol. The summed E-state index contributed by atoms with van der Waals surface area (Å²) in [4.78, 5) is 0. The molecule has 2 aromatic rings. The first-order valence-corrected chi connectivity index (χ1v) is 7.10. The van der Waals surface area contributed by atoms with Gasteiger partial charge in [0.15, 0.2) is 23.0 Å². The van der Waals surface area contributed by atoms with Crippen molar-refractivity contribution in [2.45, 2.75) is 12.5 Å². The zero-order chi connectivity index (χ0) is 16.6. The largest absolute Gasteiger partial charge is 0.507 e. The Hall–Kier alpha value is -2.76. The second kappa shape index (κ2) is 5.79. The minimum Gasteiger partial charge on any atom is -0.507 e. The van der Waals surface area contributed by atoms with Gasteiger partial charge in [0.25, 0.3) is 0 Å². The summed E-state index contributed by atoms with van der Waals surface area (Å²) in [6.45, 7) is 0. The van der Waals surface area contributed by atoms with Crippen LogP contribution >= 0.6 is 0 Å². The van der Waals surface area contributed by atoms with E-state index in [2.05, 4.69) is 0 Å². The number of fused-ring (bicyclic) bond motifs is 1. The van der Waals surface area contributed by atoms with Crippen molar-refractivity contribution in [1.29, 1.82) is 0 Å². The molecule has 0 amide bonds. The van der Waals surface area contributed by atoms with Gasteiger partial charge in [-0.2, -0.15) is 0 Å². The summed E-state index contributed by atoms with van der Waals surface area (Å²) in [7, 11) is 4.51. The van der Waals surface area contributed by atoms with Crippen molar-refractivity contribution in [2.24, 2.45) is 0 Å². The molecule has 1 unspecified atom stereocenters. The summed E-state index contributed by atoms with van der Waals surface area (Å²) < 4.78 is 21.8.